The Morgan fingerprint density at radius 2 is 2.09 bits per heavy atom. The van der Waals surface area contributed by atoms with Gasteiger partial charge < -0.3 is 25.0 Å². The minimum atomic E-state index is -0.448. The summed E-state index contributed by atoms with van der Waals surface area (Å²) < 4.78 is 0. The van der Waals surface area contributed by atoms with Crippen LogP contribution in [0.4, 0.5) is 0 Å². The summed E-state index contributed by atoms with van der Waals surface area (Å²) in [5, 5.41) is 6.99. The van der Waals surface area contributed by atoms with E-state index in [1.807, 2.05) is 0 Å². The Hall–Kier alpha value is 0.138. The summed E-state index contributed by atoms with van der Waals surface area (Å²) in [6.45, 7) is 1.62. The van der Waals surface area contributed by atoms with Crippen LogP contribution in [0.25, 0.3) is 0 Å². The topological polar surface area (TPSA) is 54.1 Å². The predicted octanol–water partition coefficient (Wildman–Crippen LogP) is -2.73. The molecule has 7 heteroatoms. The van der Waals surface area contributed by atoms with Gasteiger partial charge in [0.1, 0.15) is 6.04 Å². The minimum absolute atomic E-state index is 0. The molecule has 0 bridgehead atoms. The average Bonchev–Trinajstić information content (AvgIpc) is 1.80. The van der Waals surface area contributed by atoms with E-state index in [0.717, 1.165) is 0 Å². The zero-order chi connectivity index (χ0) is 6.85. The zero-order valence-corrected chi connectivity index (χ0v) is 9.27. The number of carbonyl (C=O) groups is 1. The van der Waals surface area contributed by atoms with Gasteiger partial charge in [-0.25, -0.2) is 4.99 Å². The third-order valence-corrected chi connectivity index (χ3v) is 1.05. The van der Waals surface area contributed by atoms with Gasteiger partial charge in [0.15, 0.2) is 0 Å². The van der Waals surface area contributed by atoms with Crippen LogP contribution in [0.5, 0.6) is 0 Å². The molecule has 0 aromatic rings. The van der Waals surface area contributed by atoms with Crippen molar-refractivity contribution in [2.45, 2.75) is 13.0 Å². The van der Waals surface area contributed by atoms with Gasteiger partial charge in [0.05, 0.1) is 0 Å². The molecule has 1 atom stereocenters. The van der Waals surface area contributed by atoms with Crippen molar-refractivity contribution < 1.29 is 38.3 Å². The molecule has 11 heavy (non-hydrogen) atoms. The Kier molecular flexibility index (Phi) is 7.16. The number of azo groups is 1. The average molecular weight is 373 g/mol. The van der Waals surface area contributed by atoms with Crippen molar-refractivity contribution in [3.63, 3.8) is 0 Å². The van der Waals surface area contributed by atoms with E-state index in [0.29, 0.717) is 0 Å². The molecule has 62 valence electrons. The van der Waals surface area contributed by atoms with Crippen LogP contribution in [-0.2, 0) is 38.5 Å². The SMILES string of the molecule is CC1N=NC([S-])=NC1=O.[Cl-].[Pt+4]. The second-order valence-electron chi connectivity index (χ2n) is 1.62. The Bertz CT molecular complexity index is 208. The van der Waals surface area contributed by atoms with Crippen LogP contribution in [0.3, 0.4) is 0 Å². The molecule has 1 amide bonds. The van der Waals surface area contributed by atoms with E-state index in [1.165, 1.54) is 0 Å². The van der Waals surface area contributed by atoms with Crippen LogP contribution in [0.15, 0.2) is 15.2 Å². The van der Waals surface area contributed by atoms with Crippen molar-refractivity contribution in [3.8, 4) is 0 Å². The molecule has 0 fully saturated rings. The van der Waals surface area contributed by atoms with Gasteiger partial charge in [0.2, 0.25) is 0 Å². The fraction of sp³-hybridized carbons (Fsp3) is 0.500. The number of hydrogen-bond acceptors (Lipinski definition) is 4. The van der Waals surface area contributed by atoms with Gasteiger partial charge in [-0.3, -0.25) is 4.79 Å². The molecule has 0 saturated heterocycles. The molecule has 1 aliphatic heterocycles. The van der Waals surface area contributed by atoms with Crippen molar-refractivity contribution in [2.24, 2.45) is 15.2 Å². The van der Waals surface area contributed by atoms with Gasteiger partial charge in [-0.2, -0.15) is 10.2 Å². The molecule has 0 aromatic carbocycles. The molecule has 0 saturated carbocycles. The molecule has 1 unspecified atom stereocenters. The minimum Gasteiger partial charge on any atom is -1.00 e. The number of amidine groups is 1. The first kappa shape index (κ1) is 13.7. The van der Waals surface area contributed by atoms with Crippen LogP contribution in [0, 0.1) is 0 Å². The van der Waals surface area contributed by atoms with Crippen molar-refractivity contribution in [1.82, 2.24) is 0 Å². The largest absolute Gasteiger partial charge is 4.00 e. The van der Waals surface area contributed by atoms with Crippen molar-refractivity contribution >= 4 is 23.7 Å². The summed E-state index contributed by atoms with van der Waals surface area (Å²) in [7, 11) is 0. The number of carbonyl (C=O) groups excluding carboxylic acids is 1. The summed E-state index contributed by atoms with van der Waals surface area (Å²) in [4.78, 5) is 14.0. The molecule has 1 rings (SSSR count). The van der Waals surface area contributed by atoms with Gasteiger partial charge in [-0.15, -0.1) is 0 Å². The molecule has 0 aromatic heterocycles. The molecule has 1 aliphatic rings. The first-order chi connectivity index (χ1) is 4.20. The maximum atomic E-state index is 10.6. The standard InChI is InChI=1S/C4H5N3OS.ClH.Pt/c1-2-3(8)5-4(9)7-6-2;;/h2H,1H3,(H,5,8,9);1H;/q;;+4/p-2. The molecule has 0 N–H and O–H groups in total. The summed E-state index contributed by atoms with van der Waals surface area (Å²) in [5.74, 6) is -0.310. The van der Waals surface area contributed by atoms with Gasteiger partial charge in [0.25, 0.3) is 5.91 Å². The van der Waals surface area contributed by atoms with E-state index in [9.17, 15) is 4.79 Å². The number of aliphatic imine (C=N–C) groups is 1. The summed E-state index contributed by atoms with van der Waals surface area (Å²) in [6.07, 6.45) is 0. The third kappa shape index (κ3) is 3.89. The number of hydrogen-bond donors (Lipinski definition) is 0. The second kappa shape index (κ2) is 5.75. The zero-order valence-electron chi connectivity index (χ0n) is 5.43. The predicted molar refractivity (Wildman–Crippen MR) is 34.1 cm³/mol. The fourth-order valence-electron chi connectivity index (χ4n) is 0.395. The Labute approximate surface area is 90.0 Å². The molecule has 0 radical (unpaired) electrons. The van der Waals surface area contributed by atoms with E-state index >= 15 is 0 Å². The maximum Gasteiger partial charge on any atom is 4.00 e. The van der Waals surface area contributed by atoms with E-state index < -0.39 is 6.04 Å². The Morgan fingerprint density at radius 3 is 2.45 bits per heavy atom. The van der Waals surface area contributed by atoms with E-state index in [4.69, 9.17) is 0 Å². The first-order valence-corrected chi connectivity index (χ1v) is 2.81. The van der Waals surface area contributed by atoms with Gasteiger partial charge in [-0.05, 0) is 6.92 Å². The van der Waals surface area contributed by atoms with Gasteiger partial charge in [-0.1, -0.05) is 0 Å². The maximum absolute atomic E-state index is 10.6. The van der Waals surface area contributed by atoms with Crippen LogP contribution in [0.2, 0.25) is 0 Å². The molecule has 1 heterocycles. The van der Waals surface area contributed by atoms with Crippen LogP contribution >= 0.6 is 0 Å². The van der Waals surface area contributed by atoms with Gasteiger partial charge in [0, 0.05) is 5.17 Å². The van der Waals surface area contributed by atoms with E-state index in [-0.39, 0.29) is 44.5 Å². The molecule has 0 aliphatic carbocycles. The van der Waals surface area contributed by atoms with E-state index in [2.05, 4.69) is 27.8 Å². The van der Waals surface area contributed by atoms with Crippen LogP contribution < -0.4 is 12.4 Å². The fourth-order valence-corrected chi connectivity index (χ4v) is 0.533. The van der Waals surface area contributed by atoms with Crippen molar-refractivity contribution in [2.75, 3.05) is 0 Å². The van der Waals surface area contributed by atoms with Crippen LogP contribution in [-0.4, -0.2) is 17.1 Å². The number of nitrogens with zero attached hydrogens (tertiary/aromatic N) is 3. The first-order valence-electron chi connectivity index (χ1n) is 2.40. The molecule has 0 spiro atoms. The summed E-state index contributed by atoms with van der Waals surface area (Å²) in [6, 6.07) is -0.448. The number of halogens is 1. The quantitative estimate of drug-likeness (QED) is 0.434. The summed E-state index contributed by atoms with van der Waals surface area (Å²) >= 11 is 4.49. The van der Waals surface area contributed by atoms with Crippen molar-refractivity contribution in [1.29, 1.82) is 0 Å². The van der Waals surface area contributed by atoms with E-state index in [1.54, 1.807) is 6.92 Å². The molecular formula is C4H4ClN3OPtS+2. The molecular weight excluding hydrogens is 369 g/mol. The van der Waals surface area contributed by atoms with Crippen LogP contribution in [0.1, 0.15) is 6.92 Å². The monoisotopic (exact) mass is 372 g/mol. The number of rotatable bonds is 0. The smallest absolute Gasteiger partial charge is 1.00 e. The van der Waals surface area contributed by atoms with Crippen molar-refractivity contribution in [3.05, 3.63) is 0 Å². The molecule has 4 nitrogen and oxygen atoms in total. The normalized spacial score (nSPS) is 21.4. The Balaban J connectivity index is 0. The second-order valence-corrected chi connectivity index (χ2v) is 1.99. The number of amides is 1. The van der Waals surface area contributed by atoms with Gasteiger partial charge >= 0.3 is 21.1 Å². The Morgan fingerprint density at radius 1 is 1.55 bits per heavy atom. The summed E-state index contributed by atoms with van der Waals surface area (Å²) in [5.41, 5.74) is 0. The third-order valence-electron chi connectivity index (χ3n) is 0.880.